The van der Waals surface area contributed by atoms with E-state index in [-0.39, 0.29) is 0 Å². The Morgan fingerprint density at radius 2 is 2.67 bits per heavy atom. The van der Waals surface area contributed by atoms with E-state index in [0.717, 1.165) is 6.54 Å². The smallest absolute Gasteiger partial charge is 0.0886 e. The van der Waals surface area contributed by atoms with Crippen LogP contribution in [0.15, 0.2) is 18.3 Å². The largest absolute Gasteiger partial charge is 0.316 e. The highest BCUT2D eigenvalue weighted by Crippen LogP contribution is 1.91. The van der Waals surface area contributed by atoms with E-state index < -0.39 is 0 Å². The molecule has 0 saturated carbocycles. The van der Waals surface area contributed by atoms with Gasteiger partial charge < -0.3 is 5.32 Å². The molecule has 0 aliphatic heterocycles. The highest BCUT2D eigenvalue weighted by Gasteiger charge is 1.85. The topological polar surface area (TPSA) is 24.9 Å². The lowest BCUT2D eigenvalue weighted by molar-refractivity contribution is 0.813. The van der Waals surface area contributed by atoms with Gasteiger partial charge in [-0.15, -0.1) is 0 Å². The van der Waals surface area contributed by atoms with Gasteiger partial charge in [-0.2, -0.15) is 0 Å². The van der Waals surface area contributed by atoms with Crippen LogP contribution in [0.5, 0.6) is 0 Å². The monoisotopic (exact) mass is 121 g/mol. The molecule has 0 aliphatic carbocycles. The maximum atomic E-state index is 3.84. The molecule has 0 aromatic carbocycles. The summed E-state index contributed by atoms with van der Waals surface area (Å²) >= 11 is 0. The predicted octanol–water partition coefficient (Wildman–Crippen LogP) is 0.601. The maximum Gasteiger partial charge on any atom is 0.0886 e. The molecule has 0 bridgehead atoms. The second-order valence-corrected chi connectivity index (χ2v) is 1.83. The molecule has 47 valence electrons. The molecule has 0 unspecified atom stereocenters. The molecule has 0 atom stereocenters. The average molecular weight is 121 g/mol. The Balaban J connectivity index is 2.61. The van der Waals surface area contributed by atoms with Crippen molar-refractivity contribution in [2.24, 2.45) is 0 Å². The molecule has 0 saturated heterocycles. The second kappa shape index (κ2) is 3.20. The van der Waals surface area contributed by atoms with Crippen LogP contribution in [0.25, 0.3) is 0 Å². The van der Waals surface area contributed by atoms with E-state index in [2.05, 4.69) is 16.5 Å². The summed E-state index contributed by atoms with van der Waals surface area (Å²) in [6.07, 6.45) is 4.52. The number of nitrogens with zero attached hydrogens (tertiary/aromatic N) is 1. The average Bonchev–Trinajstić information content (AvgIpc) is 1.91. The van der Waals surface area contributed by atoms with Crippen molar-refractivity contribution < 1.29 is 0 Å². The molecule has 2 nitrogen and oxygen atoms in total. The number of aromatic nitrogens is 1. The summed E-state index contributed by atoms with van der Waals surface area (Å²) in [5.41, 5.74) is 1.19. The van der Waals surface area contributed by atoms with Crippen LogP contribution >= 0.6 is 0 Å². The van der Waals surface area contributed by atoms with Crippen molar-refractivity contribution in [3.8, 4) is 0 Å². The Bertz CT molecular complexity index is 160. The number of hydrogen-bond donors (Lipinski definition) is 1. The minimum atomic E-state index is 0.877. The number of hydrogen-bond acceptors (Lipinski definition) is 2. The molecular weight excluding hydrogens is 112 g/mol. The van der Waals surface area contributed by atoms with Crippen molar-refractivity contribution in [2.45, 2.75) is 6.54 Å². The number of nitrogens with one attached hydrogen (secondary N) is 1. The van der Waals surface area contributed by atoms with Gasteiger partial charge in [0.2, 0.25) is 0 Å². The third-order valence-corrected chi connectivity index (χ3v) is 1.06. The Kier molecular flexibility index (Phi) is 2.22. The van der Waals surface area contributed by atoms with Crippen molar-refractivity contribution in [3.05, 3.63) is 30.1 Å². The Hall–Kier alpha value is -0.890. The van der Waals surface area contributed by atoms with E-state index in [4.69, 9.17) is 0 Å². The van der Waals surface area contributed by atoms with E-state index in [1.165, 1.54) is 5.56 Å². The molecule has 1 heterocycles. The zero-order valence-electron chi connectivity index (χ0n) is 5.39. The van der Waals surface area contributed by atoms with Gasteiger partial charge >= 0.3 is 0 Å². The quantitative estimate of drug-likeness (QED) is 0.619. The molecule has 2 heteroatoms. The predicted molar refractivity (Wildman–Crippen MR) is 35.8 cm³/mol. The van der Waals surface area contributed by atoms with Crippen LogP contribution in [0.1, 0.15) is 5.56 Å². The van der Waals surface area contributed by atoms with Gasteiger partial charge in [0.15, 0.2) is 0 Å². The summed E-state index contributed by atoms with van der Waals surface area (Å²) in [5.74, 6) is 0. The van der Waals surface area contributed by atoms with Crippen molar-refractivity contribution >= 4 is 0 Å². The zero-order chi connectivity index (χ0) is 6.53. The van der Waals surface area contributed by atoms with Gasteiger partial charge in [-0.25, -0.2) is 0 Å². The lowest BCUT2D eigenvalue weighted by Crippen LogP contribution is -2.04. The van der Waals surface area contributed by atoms with Crippen molar-refractivity contribution in [2.75, 3.05) is 7.05 Å². The molecular formula is C7H9N2. The maximum absolute atomic E-state index is 3.84. The Morgan fingerprint density at radius 3 is 3.22 bits per heavy atom. The molecule has 0 spiro atoms. The van der Waals surface area contributed by atoms with Crippen LogP contribution in [-0.4, -0.2) is 12.0 Å². The fraction of sp³-hybridized carbons (Fsp3) is 0.286. The summed E-state index contributed by atoms with van der Waals surface area (Å²) in [7, 11) is 1.91. The fourth-order valence-corrected chi connectivity index (χ4v) is 0.659. The summed E-state index contributed by atoms with van der Waals surface area (Å²) in [6.45, 7) is 0.877. The first-order valence-electron chi connectivity index (χ1n) is 2.89. The summed E-state index contributed by atoms with van der Waals surface area (Å²) in [5, 5.41) is 3.03. The summed E-state index contributed by atoms with van der Waals surface area (Å²) in [6, 6.07) is 3.80. The highest BCUT2D eigenvalue weighted by molar-refractivity contribution is 5.06. The van der Waals surface area contributed by atoms with Crippen LogP contribution < -0.4 is 5.32 Å². The molecule has 9 heavy (non-hydrogen) atoms. The number of rotatable bonds is 2. The van der Waals surface area contributed by atoms with E-state index in [9.17, 15) is 0 Å². The van der Waals surface area contributed by atoms with E-state index in [1.807, 2.05) is 19.2 Å². The van der Waals surface area contributed by atoms with Crippen LogP contribution in [0, 0.1) is 6.20 Å². The van der Waals surface area contributed by atoms with E-state index in [1.54, 1.807) is 6.20 Å². The van der Waals surface area contributed by atoms with Gasteiger partial charge in [0.05, 0.1) is 6.20 Å². The van der Waals surface area contributed by atoms with Gasteiger partial charge in [0.25, 0.3) is 0 Å². The third-order valence-electron chi connectivity index (χ3n) is 1.06. The lowest BCUT2D eigenvalue weighted by Gasteiger charge is -1.94. The summed E-state index contributed by atoms with van der Waals surface area (Å²) in [4.78, 5) is 3.84. The van der Waals surface area contributed by atoms with Crippen LogP contribution in [0.4, 0.5) is 0 Å². The van der Waals surface area contributed by atoms with Crippen LogP contribution in [-0.2, 0) is 6.54 Å². The minimum Gasteiger partial charge on any atom is -0.316 e. The van der Waals surface area contributed by atoms with Gasteiger partial charge in [-0.1, -0.05) is 6.07 Å². The summed E-state index contributed by atoms with van der Waals surface area (Å²) < 4.78 is 0. The normalized spacial score (nSPS) is 9.44. The highest BCUT2D eigenvalue weighted by atomic mass is 14.8. The van der Waals surface area contributed by atoms with E-state index >= 15 is 0 Å². The Morgan fingerprint density at radius 1 is 1.78 bits per heavy atom. The van der Waals surface area contributed by atoms with Gasteiger partial charge in [0.1, 0.15) is 0 Å². The fourth-order valence-electron chi connectivity index (χ4n) is 0.659. The van der Waals surface area contributed by atoms with Gasteiger partial charge in [-0.3, -0.25) is 4.98 Å². The zero-order valence-corrected chi connectivity index (χ0v) is 5.39. The van der Waals surface area contributed by atoms with Crippen LogP contribution in [0.2, 0.25) is 0 Å². The number of pyridine rings is 1. The first-order chi connectivity index (χ1) is 4.43. The van der Waals surface area contributed by atoms with Crippen molar-refractivity contribution in [1.82, 2.24) is 10.3 Å². The standard InChI is InChI=1S/C7H9N2/c1-8-5-7-3-2-4-9-6-7/h2-3,6,8H,5H2,1H3. The molecule has 1 radical (unpaired) electrons. The van der Waals surface area contributed by atoms with Crippen LogP contribution in [0.3, 0.4) is 0 Å². The van der Waals surface area contributed by atoms with Crippen molar-refractivity contribution in [1.29, 1.82) is 0 Å². The molecule has 1 N–H and O–H groups in total. The Labute approximate surface area is 54.9 Å². The lowest BCUT2D eigenvalue weighted by atomic mass is 10.3. The van der Waals surface area contributed by atoms with Gasteiger partial charge in [-0.05, 0) is 18.7 Å². The molecule has 1 aromatic rings. The first kappa shape index (κ1) is 6.23. The van der Waals surface area contributed by atoms with Crippen molar-refractivity contribution in [3.63, 3.8) is 0 Å². The molecule has 0 aliphatic rings. The molecule has 1 aromatic heterocycles. The first-order valence-corrected chi connectivity index (χ1v) is 2.89. The minimum absolute atomic E-state index is 0.877. The van der Waals surface area contributed by atoms with E-state index in [0.29, 0.717) is 0 Å². The molecule has 0 amide bonds. The van der Waals surface area contributed by atoms with Gasteiger partial charge in [0, 0.05) is 12.7 Å². The SMILES string of the molecule is CNCc1cc[c]nc1. The third kappa shape index (κ3) is 1.82. The molecule has 1 rings (SSSR count). The second-order valence-electron chi connectivity index (χ2n) is 1.83. The molecule has 0 fully saturated rings.